The minimum absolute atomic E-state index is 0.424. The lowest BCUT2D eigenvalue weighted by molar-refractivity contribution is 0.0895. The van der Waals surface area contributed by atoms with E-state index in [4.69, 9.17) is 4.74 Å². The van der Waals surface area contributed by atoms with Gasteiger partial charge in [-0.05, 0) is 46.1 Å². The average Bonchev–Trinajstić information content (AvgIpc) is 2.47. The van der Waals surface area contributed by atoms with Crippen LogP contribution >= 0.6 is 0 Å². The molecule has 0 bridgehead atoms. The third-order valence-corrected chi connectivity index (χ3v) is 4.61. The Kier molecular flexibility index (Phi) is 5.62. The van der Waals surface area contributed by atoms with Gasteiger partial charge in [0.05, 0.1) is 7.11 Å². The molecule has 21 heavy (non-hydrogen) atoms. The van der Waals surface area contributed by atoms with Crippen LogP contribution in [0, 0.1) is 6.92 Å². The number of methoxy groups -OCH3 is 1. The summed E-state index contributed by atoms with van der Waals surface area (Å²) in [7, 11) is 8.26. The maximum absolute atomic E-state index is 5.53. The fourth-order valence-corrected chi connectivity index (χ4v) is 3.21. The van der Waals surface area contributed by atoms with Gasteiger partial charge < -0.3 is 15.0 Å². The van der Waals surface area contributed by atoms with Gasteiger partial charge in [0.25, 0.3) is 0 Å². The summed E-state index contributed by atoms with van der Waals surface area (Å²) in [5.74, 6) is 0.993. The van der Waals surface area contributed by atoms with E-state index in [-0.39, 0.29) is 0 Å². The lowest BCUT2D eigenvalue weighted by Crippen LogP contribution is -2.58. The third kappa shape index (κ3) is 3.96. The summed E-state index contributed by atoms with van der Waals surface area (Å²) in [6.45, 7) is 5.52. The van der Waals surface area contributed by atoms with Crippen LogP contribution in [0.4, 0.5) is 0 Å². The second kappa shape index (κ2) is 7.25. The van der Waals surface area contributed by atoms with E-state index in [1.54, 1.807) is 7.11 Å². The van der Waals surface area contributed by atoms with Gasteiger partial charge in [-0.15, -0.1) is 0 Å². The molecule has 1 fully saturated rings. The standard InChI is InChI=1S/C17H29N3O/c1-13-6-7-17(21-5)14(10-13)11-15(18-2)16-12-19(3)8-9-20(16)4/h6-7,10,15-16,18H,8-9,11-12H2,1-5H3. The maximum atomic E-state index is 5.53. The SMILES string of the molecule is CNC(Cc1cc(C)ccc1OC)C1CN(C)CCN1C. The van der Waals surface area contributed by atoms with Gasteiger partial charge in [-0.2, -0.15) is 0 Å². The van der Waals surface area contributed by atoms with E-state index in [1.807, 2.05) is 0 Å². The molecule has 1 aromatic carbocycles. The number of ether oxygens (including phenoxy) is 1. The second-order valence-corrected chi connectivity index (χ2v) is 6.22. The van der Waals surface area contributed by atoms with Gasteiger partial charge in [0.1, 0.15) is 5.75 Å². The highest BCUT2D eigenvalue weighted by atomic mass is 16.5. The number of nitrogens with zero attached hydrogens (tertiary/aromatic N) is 2. The van der Waals surface area contributed by atoms with Crippen LogP contribution in [0.25, 0.3) is 0 Å². The topological polar surface area (TPSA) is 27.7 Å². The number of likely N-dealkylation sites (N-methyl/N-ethyl adjacent to an activating group) is 3. The van der Waals surface area contributed by atoms with Crippen LogP contribution in [0.2, 0.25) is 0 Å². The monoisotopic (exact) mass is 291 g/mol. The first-order valence-corrected chi connectivity index (χ1v) is 7.74. The lowest BCUT2D eigenvalue weighted by Gasteiger charge is -2.42. The van der Waals surface area contributed by atoms with Crippen molar-refractivity contribution in [2.45, 2.75) is 25.4 Å². The van der Waals surface area contributed by atoms with Gasteiger partial charge in [0.2, 0.25) is 0 Å². The molecule has 0 aliphatic carbocycles. The molecule has 0 amide bonds. The first kappa shape index (κ1) is 16.3. The van der Waals surface area contributed by atoms with Crippen LogP contribution < -0.4 is 10.1 Å². The number of piperazine rings is 1. The Labute approximate surface area is 129 Å². The van der Waals surface area contributed by atoms with Crippen molar-refractivity contribution in [2.75, 3.05) is 47.9 Å². The van der Waals surface area contributed by atoms with Crippen LogP contribution in [0.1, 0.15) is 11.1 Å². The molecular weight excluding hydrogens is 262 g/mol. The van der Waals surface area contributed by atoms with Crippen LogP contribution in [-0.4, -0.2) is 69.8 Å². The van der Waals surface area contributed by atoms with Gasteiger partial charge in [-0.25, -0.2) is 0 Å². The van der Waals surface area contributed by atoms with Crippen LogP contribution in [0.15, 0.2) is 18.2 Å². The summed E-state index contributed by atoms with van der Waals surface area (Å²) in [4.78, 5) is 4.89. The van der Waals surface area contributed by atoms with E-state index >= 15 is 0 Å². The molecule has 0 aromatic heterocycles. The summed E-state index contributed by atoms with van der Waals surface area (Å²) < 4.78 is 5.53. The minimum atomic E-state index is 0.424. The Morgan fingerprint density at radius 1 is 1.33 bits per heavy atom. The minimum Gasteiger partial charge on any atom is -0.496 e. The normalized spacial score (nSPS) is 22.2. The van der Waals surface area contributed by atoms with Crippen molar-refractivity contribution in [3.8, 4) is 5.75 Å². The predicted octanol–water partition coefficient (Wildman–Crippen LogP) is 1.38. The Morgan fingerprint density at radius 3 is 2.76 bits per heavy atom. The van der Waals surface area contributed by atoms with E-state index < -0.39 is 0 Å². The molecule has 1 aliphatic heterocycles. The Hall–Kier alpha value is -1.10. The Balaban J connectivity index is 2.16. The molecule has 0 radical (unpaired) electrons. The fraction of sp³-hybridized carbons (Fsp3) is 0.647. The van der Waals surface area contributed by atoms with Crippen molar-refractivity contribution >= 4 is 0 Å². The zero-order valence-corrected chi connectivity index (χ0v) is 14.0. The maximum Gasteiger partial charge on any atom is 0.122 e. The largest absolute Gasteiger partial charge is 0.496 e. The lowest BCUT2D eigenvalue weighted by atomic mass is 9.95. The second-order valence-electron chi connectivity index (χ2n) is 6.22. The number of nitrogens with one attached hydrogen (secondary N) is 1. The van der Waals surface area contributed by atoms with Gasteiger partial charge in [0.15, 0.2) is 0 Å². The number of benzene rings is 1. The smallest absolute Gasteiger partial charge is 0.122 e. The van der Waals surface area contributed by atoms with Crippen molar-refractivity contribution < 1.29 is 4.74 Å². The van der Waals surface area contributed by atoms with E-state index in [2.05, 4.69) is 61.4 Å². The fourth-order valence-electron chi connectivity index (χ4n) is 3.21. The summed E-state index contributed by atoms with van der Waals surface area (Å²) >= 11 is 0. The molecule has 1 aliphatic rings. The van der Waals surface area contributed by atoms with Gasteiger partial charge in [-0.1, -0.05) is 17.7 Å². The summed E-state index contributed by atoms with van der Waals surface area (Å²) in [5, 5.41) is 3.52. The molecule has 1 saturated heterocycles. The van der Waals surface area contributed by atoms with Gasteiger partial charge in [0, 0.05) is 31.7 Å². The van der Waals surface area contributed by atoms with Crippen LogP contribution in [0.3, 0.4) is 0 Å². The zero-order chi connectivity index (χ0) is 15.4. The van der Waals surface area contributed by atoms with Crippen molar-refractivity contribution in [1.82, 2.24) is 15.1 Å². The first-order chi connectivity index (χ1) is 10.0. The highest BCUT2D eigenvalue weighted by Crippen LogP contribution is 2.23. The van der Waals surface area contributed by atoms with E-state index in [0.29, 0.717) is 12.1 Å². The number of hydrogen-bond donors (Lipinski definition) is 1. The van der Waals surface area contributed by atoms with Crippen molar-refractivity contribution in [3.63, 3.8) is 0 Å². The Morgan fingerprint density at radius 2 is 2.10 bits per heavy atom. The van der Waals surface area contributed by atoms with Gasteiger partial charge in [-0.3, -0.25) is 4.90 Å². The number of aryl methyl sites for hydroxylation is 1. The van der Waals surface area contributed by atoms with Crippen molar-refractivity contribution in [3.05, 3.63) is 29.3 Å². The average molecular weight is 291 g/mol. The number of hydrogen-bond acceptors (Lipinski definition) is 4. The molecule has 2 unspecified atom stereocenters. The zero-order valence-electron chi connectivity index (χ0n) is 14.0. The molecule has 2 atom stereocenters. The van der Waals surface area contributed by atoms with Crippen LogP contribution in [-0.2, 0) is 6.42 Å². The molecule has 0 spiro atoms. The van der Waals surface area contributed by atoms with E-state index in [0.717, 1.165) is 31.8 Å². The molecule has 4 heteroatoms. The molecule has 118 valence electrons. The molecule has 0 saturated carbocycles. The molecule has 1 N–H and O–H groups in total. The molecule has 1 aromatic rings. The van der Waals surface area contributed by atoms with E-state index in [1.165, 1.54) is 11.1 Å². The molecule has 4 nitrogen and oxygen atoms in total. The van der Waals surface area contributed by atoms with Crippen LogP contribution in [0.5, 0.6) is 5.75 Å². The first-order valence-electron chi connectivity index (χ1n) is 7.74. The summed E-state index contributed by atoms with van der Waals surface area (Å²) in [5.41, 5.74) is 2.58. The summed E-state index contributed by atoms with van der Waals surface area (Å²) in [6, 6.07) is 7.38. The molecule has 1 heterocycles. The van der Waals surface area contributed by atoms with Gasteiger partial charge >= 0.3 is 0 Å². The third-order valence-electron chi connectivity index (χ3n) is 4.61. The van der Waals surface area contributed by atoms with Crippen molar-refractivity contribution in [1.29, 1.82) is 0 Å². The summed E-state index contributed by atoms with van der Waals surface area (Å²) in [6.07, 6.45) is 0.990. The highest BCUT2D eigenvalue weighted by molar-refractivity contribution is 5.37. The molecule has 2 rings (SSSR count). The molecular formula is C17H29N3O. The predicted molar refractivity (Wildman–Crippen MR) is 88.2 cm³/mol. The van der Waals surface area contributed by atoms with Crippen molar-refractivity contribution in [2.24, 2.45) is 0 Å². The highest BCUT2D eigenvalue weighted by Gasteiger charge is 2.29. The Bertz CT molecular complexity index is 463. The quantitative estimate of drug-likeness (QED) is 0.887. The van der Waals surface area contributed by atoms with E-state index in [9.17, 15) is 0 Å². The number of rotatable bonds is 5.